The molecule has 2 amide bonds. The van der Waals surface area contributed by atoms with Crippen LogP contribution in [-0.4, -0.2) is 29.8 Å². The Balaban J connectivity index is 1.67. The summed E-state index contributed by atoms with van der Waals surface area (Å²) in [4.78, 5) is 27.1. The first-order valence-corrected chi connectivity index (χ1v) is 8.64. The minimum absolute atomic E-state index is 0.0587. The van der Waals surface area contributed by atoms with Crippen LogP contribution in [0, 0.1) is 0 Å². The van der Waals surface area contributed by atoms with E-state index in [1.165, 1.54) is 22.5 Å². The minimum atomic E-state index is -0.539. The average molecular weight is 328 g/mol. The summed E-state index contributed by atoms with van der Waals surface area (Å²) in [5.74, 6) is -0.252. The van der Waals surface area contributed by atoms with Gasteiger partial charge in [-0.25, -0.2) is 0 Å². The zero-order valence-electron chi connectivity index (χ0n) is 13.3. The van der Waals surface area contributed by atoms with Crippen LogP contribution in [0.5, 0.6) is 0 Å². The quantitative estimate of drug-likeness (QED) is 0.938. The maximum atomic E-state index is 12.7. The van der Waals surface area contributed by atoms with Crippen molar-refractivity contribution >= 4 is 23.2 Å². The van der Waals surface area contributed by atoms with Crippen LogP contribution in [0.25, 0.3) is 0 Å². The summed E-state index contributed by atoms with van der Waals surface area (Å²) in [6.45, 7) is 1.74. The second kappa shape index (κ2) is 6.54. The van der Waals surface area contributed by atoms with E-state index in [4.69, 9.17) is 0 Å². The van der Waals surface area contributed by atoms with Crippen molar-refractivity contribution in [1.82, 2.24) is 10.2 Å². The van der Waals surface area contributed by atoms with Gasteiger partial charge in [-0.2, -0.15) is 0 Å². The van der Waals surface area contributed by atoms with Crippen LogP contribution in [0.2, 0.25) is 0 Å². The Morgan fingerprint density at radius 1 is 1.26 bits per heavy atom. The number of aryl methyl sites for hydroxylation is 1. The van der Waals surface area contributed by atoms with Crippen LogP contribution in [0.4, 0.5) is 0 Å². The molecular weight excluding hydrogens is 308 g/mol. The molecular formula is C18H20N2O2S. The summed E-state index contributed by atoms with van der Waals surface area (Å²) in [7, 11) is 1.82. The number of thiophene rings is 1. The standard InChI is InChI=1S/C18H20N2O2S/c1-12(19-17(21)16-8-5-11-23-16)18(22)20(2)15-10-9-13-6-3-4-7-14(13)15/h3-8,11-12,15H,9-10H2,1-2H3,(H,19,21). The summed E-state index contributed by atoms with van der Waals surface area (Å²) < 4.78 is 0. The molecule has 1 aromatic heterocycles. The number of carbonyl (C=O) groups is 2. The topological polar surface area (TPSA) is 49.4 Å². The highest BCUT2D eigenvalue weighted by atomic mass is 32.1. The van der Waals surface area contributed by atoms with Crippen LogP contribution < -0.4 is 5.32 Å². The average Bonchev–Trinajstić information content (AvgIpc) is 3.22. The van der Waals surface area contributed by atoms with Crippen molar-refractivity contribution < 1.29 is 9.59 Å². The third-order valence-corrected chi connectivity index (χ3v) is 5.25. The highest BCUT2D eigenvalue weighted by Crippen LogP contribution is 2.34. The van der Waals surface area contributed by atoms with E-state index in [1.807, 2.05) is 30.6 Å². The van der Waals surface area contributed by atoms with Gasteiger partial charge in [0.05, 0.1) is 10.9 Å². The van der Waals surface area contributed by atoms with Crippen molar-refractivity contribution in [3.05, 3.63) is 57.8 Å². The lowest BCUT2D eigenvalue weighted by molar-refractivity contribution is -0.133. The number of carbonyl (C=O) groups excluding carboxylic acids is 2. The van der Waals surface area contributed by atoms with Gasteiger partial charge in [-0.1, -0.05) is 30.3 Å². The Bertz CT molecular complexity index is 712. The third-order valence-electron chi connectivity index (χ3n) is 4.38. The van der Waals surface area contributed by atoms with Gasteiger partial charge in [-0.05, 0) is 42.3 Å². The van der Waals surface area contributed by atoms with Gasteiger partial charge in [-0.15, -0.1) is 11.3 Å². The van der Waals surface area contributed by atoms with E-state index in [9.17, 15) is 9.59 Å². The molecule has 0 radical (unpaired) electrons. The lowest BCUT2D eigenvalue weighted by atomic mass is 10.1. The van der Waals surface area contributed by atoms with Gasteiger partial charge in [0.2, 0.25) is 5.91 Å². The summed E-state index contributed by atoms with van der Waals surface area (Å²) in [5.41, 5.74) is 2.53. The van der Waals surface area contributed by atoms with E-state index >= 15 is 0 Å². The number of benzene rings is 1. The first kappa shape index (κ1) is 15.7. The number of nitrogens with one attached hydrogen (secondary N) is 1. The molecule has 0 spiro atoms. The highest BCUT2D eigenvalue weighted by Gasteiger charge is 2.30. The van der Waals surface area contributed by atoms with Crippen LogP contribution in [0.15, 0.2) is 41.8 Å². The monoisotopic (exact) mass is 328 g/mol. The molecule has 1 aliphatic rings. The van der Waals surface area contributed by atoms with E-state index in [0.29, 0.717) is 4.88 Å². The molecule has 3 rings (SSSR count). The molecule has 5 heteroatoms. The van der Waals surface area contributed by atoms with E-state index in [2.05, 4.69) is 17.4 Å². The van der Waals surface area contributed by atoms with Crippen molar-refractivity contribution in [2.75, 3.05) is 7.05 Å². The van der Waals surface area contributed by atoms with Gasteiger partial charge >= 0.3 is 0 Å². The summed E-state index contributed by atoms with van der Waals surface area (Å²) in [6, 6.07) is 11.4. The molecule has 4 nitrogen and oxygen atoms in total. The summed E-state index contributed by atoms with van der Waals surface area (Å²) >= 11 is 1.37. The zero-order valence-corrected chi connectivity index (χ0v) is 14.1. The number of hydrogen-bond acceptors (Lipinski definition) is 3. The SMILES string of the molecule is CC(NC(=O)c1cccs1)C(=O)N(C)C1CCc2ccccc21. The molecule has 0 fully saturated rings. The van der Waals surface area contributed by atoms with Gasteiger partial charge in [0, 0.05) is 7.05 Å². The third kappa shape index (κ3) is 3.15. The normalized spacial score (nSPS) is 17.4. The van der Waals surface area contributed by atoms with Crippen molar-refractivity contribution in [2.45, 2.75) is 31.8 Å². The van der Waals surface area contributed by atoms with Crippen LogP contribution in [0.3, 0.4) is 0 Å². The molecule has 2 atom stereocenters. The number of likely N-dealkylation sites (N-methyl/N-ethyl adjacent to an activating group) is 1. The number of fused-ring (bicyclic) bond motifs is 1. The van der Waals surface area contributed by atoms with E-state index < -0.39 is 6.04 Å². The van der Waals surface area contributed by atoms with Crippen LogP contribution in [0.1, 0.15) is 40.2 Å². The Morgan fingerprint density at radius 2 is 2.04 bits per heavy atom. The number of amides is 2. The molecule has 0 saturated carbocycles. The first-order chi connectivity index (χ1) is 11.1. The summed E-state index contributed by atoms with van der Waals surface area (Å²) in [5, 5.41) is 4.64. The predicted octanol–water partition coefficient (Wildman–Crippen LogP) is 3.01. The maximum absolute atomic E-state index is 12.7. The molecule has 0 saturated heterocycles. The van der Waals surface area contributed by atoms with Crippen molar-refractivity contribution in [1.29, 1.82) is 0 Å². The second-order valence-corrected chi connectivity index (χ2v) is 6.82. The maximum Gasteiger partial charge on any atom is 0.261 e. The largest absolute Gasteiger partial charge is 0.340 e. The van der Waals surface area contributed by atoms with Crippen molar-refractivity contribution in [2.24, 2.45) is 0 Å². The Morgan fingerprint density at radius 3 is 2.78 bits per heavy atom. The fraction of sp³-hybridized carbons (Fsp3) is 0.333. The molecule has 1 aliphatic carbocycles. The molecule has 1 heterocycles. The lowest BCUT2D eigenvalue weighted by Crippen LogP contribution is -2.46. The van der Waals surface area contributed by atoms with Crippen LogP contribution in [-0.2, 0) is 11.2 Å². The van der Waals surface area contributed by atoms with Gasteiger partial charge < -0.3 is 10.2 Å². The number of nitrogens with zero attached hydrogens (tertiary/aromatic N) is 1. The summed E-state index contributed by atoms with van der Waals surface area (Å²) in [6.07, 6.45) is 1.93. The first-order valence-electron chi connectivity index (χ1n) is 7.76. The Hall–Kier alpha value is -2.14. The molecule has 23 heavy (non-hydrogen) atoms. The fourth-order valence-electron chi connectivity index (χ4n) is 3.13. The second-order valence-electron chi connectivity index (χ2n) is 5.87. The van der Waals surface area contributed by atoms with Crippen LogP contribution >= 0.6 is 11.3 Å². The fourth-order valence-corrected chi connectivity index (χ4v) is 3.76. The van der Waals surface area contributed by atoms with Gasteiger partial charge in [0.15, 0.2) is 0 Å². The molecule has 0 bridgehead atoms. The van der Waals surface area contributed by atoms with Gasteiger partial charge in [-0.3, -0.25) is 9.59 Å². The number of hydrogen-bond donors (Lipinski definition) is 1. The smallest absolute Gasteiger partial charge is 0.261 e. The van der Waals surface area contributed by atoms with E-state index in [-0.39, 0.29) is 17.9 Å². The minimum Gasteiger partial charge on any atom is -0.340 e. The molecule has 120 valence electrons. The molecule has 1 N–H and O–H groups in total. The lowest BCUT2D eigenvalue weighted by Gasteiger charge is -2.28. The van der Waals surface area contributed by atoms with E-state index in [0.717, 1.165) is 12.8 Å². The van der Waals surface area contributed by atoms with Crippen molar-refractivity contribution in [3.63, 3.8) is 0 Å². The van der Waals surface area contributed by atoms with Gasteiger partial charge in [0.25, 0.3) is 5.91 Å². The zero-order chi connectivity index (χ0) is 16.4. The Kier molecular flexibility index (Phi) is 4.48. The highest BCUT2D eigenvalue weighted by molar-refractivity contribution is 7.12. The van der Waals surface area contributed by atoms with Crippen molar-refractivity contribution in [3.8, 4) is 0 Å². The Labute approximate surface area is 140 Å². The predicted molar refractivity (Wildman–Crippen MR) is 91.5 cm³/mol. The number of rotatable bonds is 4. The molecule has 2 aromatic rings. The molecule has 0 aliphatic heterocycles. The molecule has 2 unspecified atom stereocenters. The van der Waals surface area contributed by atoms with Gasteiger partial charge in [0.1, 0.15) is 6.04 Å². The van der Waals surface area contributed by atoms with E-state index in [1.54, 1.807) is 17.9 Å². The molecule has 1 aromatic carbocycles.